The monoisotopic (exact) mass is 367 g/mol. The van der Waals surface area contributed by atoms with Crippen LogP contribution in [0.25, 0.3) is 0 Å². The highest BCUT2D eigenvalue weighted by atomic mass is 32.1. The number of hydrogen-bond acceptors (Lipinski definition) is 5. The van der Waals surface area contributed by atoms with Gasteiger partial charge in [-0.3, -0.25) is 4.79 Å². The normalized spacial score (nSPS) is 18.9. The van der Waals surface area contributed by atoms with Crippen molar-refractivity contribution < 1.29 is 9.53 Å². The van der Waals surface area contributed by atoms with Crippen LogP contribution in [0.3, 0.4) is 0 Å². The zero-order valence-electron chi connectivity index (χ0n) is 15.5. The number of aromatic nitrogens is 1. The smallest absolute Gasteiger partial charge is 0.243 e. The zero-order chi connectivity index (χ0) is 18.2. The minimum absolute atomic E-state index is 0.0195. The maximum Gasteiger partial charge on any atom is 0.243 e. The average Bonchev–Trinajstić information content (AvgIpc) is 3.24. The number of carbonyl (C=O) groups excluding carboxylic acids is 1. The highest BCUT2D eigenvalue weighted by molar-refractivity contribution is 7.11. The van der Waals surface area contributed by atoms with Gasteiger partial charge in [0.15, 0.2) is 5.96 Å². The van der Waals surface area contributed by atoms with Gasteiger partial charge in [0.1, 0.15) is 6.54 Å². The highest BCUT2D eigenvalue weighted by Crippen LogP contribution is 2.20. The lowest BCUT2D eigenvalue weighted by molar-refractivity contribution is -0.127. The second kappa shape index (κ2) is 9.72. The molecule has 0 spiro atoms. The lowest BCUT2D eigenvalue weighted by Gasteiger charge is -2.17. The molecule has 2 rings (SSSR count). The predicted octanol–water partition coefficient (Wildman–Crippen LogP) is 1.21. The third-order valence-corrected chi connectivity index (χ3v) is 5.23. The van der Waals surface area contributed by atoms with Gasteiger partial charge in [-0.05, 0) is 13.3 Å². The number of likely N-dealkylation sites (N-methyl/N-ethyl adjacent to an activating group) is 1. The molecule has 1 aliphatic rings. The van der Waals surface area contributed by atoms with Crippen molar-refractivity contribution in [2.75, 3.05) is 46.9 Å². The van der Waals surface area contributed by atoms with Crippen LogP contribution in [-0.2, 0) is 9.53 Å². The van der Waals surface area contributed by atoms with E-state index >= 15 is 0 Å². The second-order valence-electron chi connectivity index (χ2n) is 6.65. The van der Waals surface area contributed by atoms with Crippen molar-refractivity contribution in [3.05, 3.63) is 16.1 Å². The Bertz CT molecular complexity index is 581. The molecule has 0 saturated carbocycles. The van der Waals surface area contributed by atoms with E-state index in [1.54, 1.807) is 30.3 Å². The lowest BCUT2D eigenvalue weighted by atomic mass is 10.1. The Morgan fingerprint density at radius 2 is 2.32 bits per heavy atom. The Hall–Kier alpha value is -1.67. The summed E-state index contributed by atoms with van der Waals surface area (Å²) in [6, 6.07) is 0. The van der Waals surface area contributed by atoms with Crippen LogP contribution >= 0.6 is 11.3 Å². The Labute approximate surface area is 153 Å². The first kappa shape index (κ1) is 19.7. The van der Waals surface area contributed by atoms with E-state index in [-0.39, 0.29) is 18.4 Å². The Morgan fingerprint density at radius 3 is 2.92 bits per heavy atom. The summed E-state index contributed by atoms with van der Waals surface area (Å²) in [5.41, 5.74) is 0. The van der Waals surface area contributed by atoms with Crippen molar-refractivity contribution in [1.29, 1.82) is 0 Å². The van der Waals surface area contributed by atoms with Gasteiger partial charge >= 0.3 is 0 Å². The van der Waals surface area contributed by atoms with Crippen LogP contribution in [0.1, 0.15) is 29.1 Å². The summed E-state index contributed by atoms with van der Waals surface area (Å²) < 4.78 is 5.41. The lowest BCUT2D eigenvalue weighted by Crippen LogP contribution is -2.42. The van der Waals surface area contributed by atoms with Gasteiger partial charge in [0.05, 0.1) is 11.6 Å². The fourth-order valence-electron chi connectivity index (χ4n) is 2.38. The first-order valence-electron chi connectivity index (χ1n) is 8.68. The molecular formula is C17H29N5O2S. The molecule has 0 bridgehead atoms. The number of ether oxygens (including phenoxy) is 1. The van der Waals surface area contributed by atoms with Gasteiger partial charge < -0.3 is 20.3 Å². The van der Waals surface area contributed by atoms with E-state index in [0.717, 1.165) is 37.7 Å². The number of hydrogen-bond donors (Lipinski definition) is 2. The fourth-order valence-corrected chi connectivity index (χ4v) is 3.21. The SMILES string of the molecule is Cc1cnc(C(C)CNC(=NCC(=O)N(C)C)NCC2CCOC2)s1. The maximum atomic E-state index is 11.8. The number of amides is 1. The first-order chi connectivity index (χ1) is 12.0. The topological polar surface area (TPSA) is 78.9 Å². The fraction of sp³-hybridized carbons (Fsp3) is 0.706. The molecule has 2 heterocycles. The maximum absolute atomic E-state index is 11.8. The number of carbonyl (C=O) groups is 1. The van der Waals surface area contributed by atoms with E-state index in [1.165, 1.54) is 4.88 Å². The number of thiazole rings is 1. The molecule has 1 saturated heterocycles. The molecule has 7 nitrogen and oxygen atoms in total. The van der Waals surface area contributed by atoms with Crippen molar-refractivity contribution in [2.45, 2.75) is 26.2 Å². The van der Waals surface area contributed by atoms with Crippen LogP contribution in [0.15, 0.2) is 11.2 Å². The second-order valence-corrected chi connectivity index (χ2v) is 7.92. The summed E-state index contributed by atoms with van der Waals surface area (Å²) in [4.78, 5) is 23.4. The van der Waals surface area contributed by atoms with E-state index in [4.69, 9.17) is 4.74 Å². The molecule has 1 amide bonds. The molecule has 2 N–H and O–H groups in total. The summed E-state index contributed by atoms with van der Waals surface area (Å²) in [5.74, 6) is 1.43. The number of aryl methyl sites for hydroxylation is 1. The van der Waals surface area contributed by atoms with Gasteiger partial charge in [0.2, 0.25) is 5.91 Å². The van der Waals surface area contributed by atoms with Gasteiger partial charge in [-0.2, -0.15) is 0 Å². The van der Waals surface area contributed by atoms with Crippen molar-refractivity contribution in [1.82, 2.24) is 20.5 Å². The molecule has 0 aromatic carbocycles. The van der Waals surface area contributed by atoms with Crippen LogP contribution in [-0.4, -0.2) is 68.7 Å². The number of rotatable bonds is 7. The van der Waals surface area contributed by atoms with E-state index in [0.29, 0.717) is 11.9 Å². The van der Waals surface area contributed by atoms with Gasteiger partial charge in [-0.1, -0.05) is 6.92 Å². The van der Waals surface area contributed by atoms with Crippen LogP contribution in [0.4, 0.5) is 0 Å². The predicted molar refractivity (Wildman–Crippen MR) is 101 cm³/mol. The van der Waals surface area contributed by atoms with Crippen molar-refractivity contribution >= 4 is 23.2 Å². The third-order valence-electron chi connectivity index (χ3n) is 4.09. The van der Waals surface area contributed by atoms with Crippen LogP contribution in [0, 0.1) is 12.8 Å². The van der Waals surface area contributed by atoms with Gasteiger partial charge in [0, 0.05) is 56.7 Å². The van der Waals surface area contributed by atoms with Crippen molar-refractivity contribution in [3.63, 3.8) is 0 Å². The van der Waals surface area contributed by atoms with Crippen molar-refractivity contribution in [2.24, 2.45) is 10.9 Å². The van der Waals surface area contributed by atoms with Gasteiger partial charge in [-0.25, -0.2) is 9.98 Å². The third kappa shape index (κ3) is 6.62. The molecule has 1 aromatic heterocycles. The molecule has 8 heteroatoms. The molecule has 2 atom stereocenters. The van der Waals surface area contributed by atoms with E-state index in [1.807, 2.05) is 6.20 Å². The summed E-state index contributed by atoms with van der Waals surface area (Å²) in [6.07, 6.45) is 2.96. The summed E-state index contributed by atoms with van der Waals surface area (Å²) in [7, 11) is 3.47. The molecule has 140 valence electrons. The van der Waals surface area contributed by atoms with Crippen LogP contribution < -0.4 is 10.6 Å². The van der Waals surface area contributed by atoms with Crippen LogP contribution in [0.2, 0.25) is 0 Å². The Morgan fingerprint density at radius 1 is 1.52 bits per heavy atom. The molecule has 1 fully saturated rings. The quantitative estimate of drug-likeness (QED) is 0.559. The van der Waals surface area contributed by atoms with Crippen molar-refractivity contribution in [3.8, 4) is 0 Å². The number of aliphatic imine (C=N–C) groups is 1. The van der Waals surface area contributed by atoms with Gasteiger partial charge in [-0.15, -0.1) is 11.3 Å². The minimum Gasteiger partial charge on any atom is -0.381 e. The molecule has 25 heavy (non-hydrogen) atoms. The molecular weight excluding hydrogens is 338 g/mol. The van der Waals surface area contributed by atoms with Crippen LogP contribution in [0.5, 0.6) is 0 Å². The Kier molecular flexibility index (Phi) is 7.64. The zero-order valence-corrected chi connectivity index (χ0v) is 16.4. The molecule has 2 unspecified atom stereocenters. The van der Waals surface area contributed by atoms with E-state index in [2.05, 4.69) is 34.5 Å². The first-order valence-corrected chi connectivity index (χ1v) is 9.49. The van der Waals surface area contributed by atoms with E-state index < -0.39 is 0 Å². The van der Waals surface area contributed by atoms with Gasteiger partial charge in [0.25, 0.3) is 0 Å². The number of guanidine groups is 1. The summed E-state index contributed by atoms with van der Waals surface area (Å²) >= 11 is 1.71. The molecule has 0 aliphatic carbocycles. The Balaban J connectivity index is 1.89. The molecule has 0 radical (unpaired) electrons. The largest absolute Gasteiger partial charge is 0.381 e. The summed E-state index contributed by atoms with van der Waals surface area (Å²) in [5, 5.41) is 7.79. The molecule has 1 aliphatic heterocycles. The average molecular weight is 368 g/mol. The minimum atomic E-state index is -0.0195. The van der Waals surface area contributed by atoms with E-state index in [9.17, 15) is 4.79 Å². The molecule has 1 aromatic rings. The highest BCUT2D eigenvalue weighted by Gasteiger charge is 2.17. The standard InChI is InChI=1S/C17H29N5O2S/c1-12(16-18-8-13(2)25-16)7-19-17(21-10-15(23)22(3)4)20-9-14-5-6-24-11-14/h8,12,14H,5-7,9-11H2,1-4H3,(H2,19,20,21). The number of nitrogens with one attached hydrogen (secondary N) is 2. The summed E-state index contributed by atoms with van der Waals surface area (Å²) in [6.45, 7) is 7.46. The number of nitrogens with zero attached hydrogens (tertiary/aromatic N) is 3.